The number of thiophene rings is 1. The molecule has 0 bridgehead atoms. The SMILES string of the molecule is CC.CCc1cc2c(s1)C1(CC1)OCCS2=O. The van der Waals surface area contributed by atoms with E-state index in [-0.39, 0.29) is 5.60 Å². The molecular formula is C13H20O2S2. The molecule has 96 valence electrons. The largest absolute Gasteiger partial charge is 0.368 e. The summed E-state index contributed by atoms with van der Waals surface area (Å²) >= 11 is 1.80. The molecule has 0 amide bonds. The minimum absolute atomic E-state index is 0.0282. The summed E-state index contributed by atoms with van der Waals surface area (Å²) in [5.74, 6) is 0.661. The maximum atomic E-state index is 12.0. The van der Waals surface area contributed by atoms with Gasteiger partial charge in [0.15, 0.2) is 0 Å². The monoisotopic (exact) mass is 272 g/mol. The van der Waals surface area contributed by atoms with Gasteiger partial charge in [0.05, 0.1) is 32.9 Å². The van der Waals surface area contributed by atoms with Gasteiger partial charge in [-0.05, 0) is 25.3 Å². The van der Waals surface area contributed by atoms with Crippen molar-refractivity contribution in [3.05, 3.63) is 15.8 Å². The second kappa shape index (κ2) is 5.21. The molecule has 2 aliphatic rings. The third kappa shape index (κ3) is 2.35. The van der Waals surface area contributed by atoms with Gasteiger partial charge in [-0.25, -0.2) is 0 Å². The maximum absolute atomic E-state index is 12.0. The van der Waals surface area contributed by atoms with Crippen LogP contribution < -0.4 is 0 Å². The zero-order valence-electron chi connectivity index (χ0n) is 10.7. The second-order valence-electron chi connectivity index (χ2n) is 4.15. The first-order valence-electron chi connectivity index (χ1n) is 6.41. The van der Waals surface area contributed by atoms with Gasteiger partial charge in [0.1, 0.15) is 5.60 Å². The summed E-state index contributed by atoms with van der Waals surface area (Å²) in [6, 6.07) is 2.13. The average Bonchev–Trinajstić information content (AvgIpc) is 3.04. The normalized spacial score (nSPS) is 24.5. The van der Waals surface area contributed by atoms with Gasteiger partial charge in [-0.2, -0.15) is 0 Å². The minimum atomic E-state index is -0.834. The van der Waals surface area contributed by atoms with Crippen LogP contribution in [0.2, 0.25) is 0 Å². The van der Waals surface area contributed by atoms with Crippen LogP contribution in [0.1, 0.15) is 43.4 Å². The van der Waals surface area contributed by atoms with Gasteiger partial charge < -0.3 is 4.74 Å². The molecular weight excluding hydrogens is 252 g/mol. The van der Waals surface area contributed by atoms with Crippen molar-refractivity contribution in [2.45, 2.75) is 50.5 Å². The van der Waals surface area contributed by atoms with Gasteiger partial charge in [0, 0.05) is 4.88 Å². The molecule has 0 radical (unpaired) electrons. The zero-order chi connectivity index (χ0) is 12.5. The summed E-state index contributed by atoms with van der Waals surface area (Å²) in [4.78, 5) is 3.66. The van der Waals surface area contributed by atoms with Gasteiger partial charge >= 0.3 is 0 Å². The molecule has 1 spiro atoms. The summed E-state index contributed by atoms with van der Waals surface area (Å²) in [5, 5.41) is 0. The summed E-state index contributed by atoms with van der Waals surface area (Å²) < 4.78 is 17.9. The molecule has 3 rings (SSSR count). The molecule has 1 atom stereocenters. The fourth-order valence-electron chi connectivity index (χ4n) is 2.06. The first-order valence-corrected chi connectivity index (χ1v) is 8.54. The summed E-state index contributed by atoms with van der Waals surface area (Å²) in [5.41, 5.74) is -0.0282. The molecule has 1 unspecified atom stereocenters. The van der Waals surface area contributed by atoms with Gasteiger partial charge in [-0.3, -0.25) is 4.21 Å². The first-order chi connectivity index (χ1) is 8.25. The van der Waals surface area contributed by atoms with Gasteiger partial charge in [-0.15, -0.1) is 11.3 Å². The van der Waals surface area contributed by atoms with Crippen molar-refractivity contribution in [3.63, 3.8) is 0 Å². The fraction of sp³-hybridized carbons (Fsp3) is 0.692. The van der Waals surface area contributed by atoms with E-state index in [4.69, 9.17) is 4.74 Å². The quantitative estimate of drug-likeness (QED) is 0.782. The Hall–Kier alpha value is -0.190. The molecule has 0 saturated heterocycles. The second-order valence-corrected chi connectivity index (χ2v) is 6.83. The van der Waals surface area contributed by atoms with Crippen LogP contribution in [0.15, 0.2) is 11.0 Å². The van der Waals surface area contributed by atoms with Crippen molar-refractivity contribution in [3.8, 4) is 0 Å². The Balaban J connectivity index is 0.000000514. The molecule has 1 aliphatic carbocycles. The predicted molar refractivity (Wildman–Crippen MR) is 73.2 cm³/mol. The highest BCUT2D eigenvalue weighted by Crippen LogP contribution is 2.54. The van der Waals surface area contributed by atoms with Gasteiger partial charge in [0.2, 0.25) is 0 Å². The average molecular weight is 272 g/mol. The number of ether oxygens (including phenoxy) is 1. The van der Waals surface area contributed by atoms with Crippen LogP contribution in [0, 0.1) is 0 Å². The molecule has 4 heteroatoms. The van der Waals surface area contributed by atoms with Crippen molar-refractivity contribution >= 4 is 22.1 Å². The third-order valence-electron chi connectivity index (χ3n) is 3.11. The molecule has 0 N–H and O–H groups in total. The lowest BCUT2D eigenvalue weighted by molar-refractivity contribution is 0.0442. The van der Waals surface area contributed by atoms with Crippen LogP contribution in [0.3, 0.4) is 0 Å². The van der Waals surface area contributed by atoms with E-state index in [1.54, 1.807) is 11.3 Å². The summed E-state index contributed by atoms with van der Waals surface area (Å²) in [6.07, 6.45) is 3.26. The predicted octanol–water partition coefficient (Wildman–Crippen LogP) is 3.46. The molecule has 2 nitrogen and oxygen atoms in total. The standard InChI is InChI=1S/C11H14O2S2.C2H6/c1-2-8-7-9-10(14-8)11(3-4-11)13-5-6-15(9)12;1-2/h7H,2-6H2,1H3;1-2H3. The lowest BCUT2D eigenvalue weighted by Gasteiger charge is -2.11. The zero-order valence-corrected chi connectivity index (χ0v) is 12.4. The van der Waals surface area contributed by atoms with Crippen molar-refractivity contribution < 1.29 is 8.95 Å². The lowest BCUT2D eigenvalue weighted by atomic mass is 10.2. The molecule has 1 saturated carbocycles. The molecule has 17 heavy (non-hydrogen) atoms. The molecule has 2 heterocycles. The Morgan fingerprint density at radius 3 is 2.76 bits per heavy atom. The number of aryl methyl sites for hydroxylation is 1. The van der Waals surface area contributed by atoms with Crippen LogP contribution >= 0.6 is 11.3 Å². The Labute approximate surface area is 110 Å². The highest BCUT2D eigenvalue weighted by atomic mass is 32.2. The third-order valence-corrected chi connectivity index (χ3v) is 6.05. The lowest BCUT2D eigenvalue weighted by Crippen LogP contribution is -2.10. The number of rotatable bonds is 1. The van der Waals surface area contributed by atoms with Crippen molar-refractivity contribution in [1.29, 1.82) is 0 Å². The van der Waals surface area contributed by atoms with E-state index in [2.05, 4.69) is 13.0 Å². The van der Waals surface area contributed by atoms with Crippen LogP contribution in [0.5, 0.6) is 0 Å². The fourth-order valence-corrected chi connectivity index (χ4v) is 4.85. The number of fused-ring (bicyclic) bond motifs is 2. The number of hydrogen-bond donors (Lipinski definition) is 0. The van der Waals surface area contributed by atoms with E-state index in [1.807, 2.05) is 13.8 Å². The highest BCUT2D eigenvalue weighted by Gasteiger charge is 2.50. The Morgan fingerprint density at radius 2 is 2.18 bits per heavy atom. The van der Waals surface area contributed by atoms with E-state index in [9.17, 15) is 4.21 Å². The van der Waals surface area contributed by atoms with E-state index in [0.717, 1.165) is 24.2 Å². The topological polar surface area (TPSA) is 26.3 Å². The minimum Gasteiger partial charge on any atom is -0.368 e. The number of hydrogen-bond acceptors (Lipinski definition) is 3. The van der Waals surface area contributed by atoms with E-state index < -0.39 is 10.8 Å². The van der Waals surface area contributed by atoms with E-state index >= 15 is 0 Å². The van der Waals surface area contributed by atoms with Crippen molar-refractivity contribution in [2.75, 3.05) is 12.4 Å². The van der Waals surface area contributed by atoms with Crippen LogP contribution in [-0.2, 0) is 27.6 Å². The maximum Gasteiger partial charge on any atom is 0.104 e. The smallest absolute Gasteiger partial charge is 0.104 e. The van der Waals surface area contributed by atoms with E-state index in [1.165, 1.54) is 9.75 Å². The van der Waals surface area contributed by atoms with Gasteiger partial charge in [0.25, 0.3) is 0 Å². The van der Waals surface area contributed by atoms with Gasteiger partial charge in [-0.1, -0.05) is 20.8 Å². The first kappa shape index (κ1) is 13.2. The van der Waals surface area contributed by atoms with Crippen LogP contribution in [0.25, 0.3) is 0 Å². The summed E-state index contributed by atoms with van der Waals surface area (Å²) in [6.45, 7) is 6.80. The Morgan fingerprint density at radius 1 is 1.47 bits per heavy atom. The van der Waals surface area contributed by atoms with Crippen molar-refractivity contribution in [2.24, 2.45) is 0 Å². The molecule has 1 aromatic rings. The van der Waals surface area contributed by atoms with Crippen LogP contribution in [-0.4, -0.2) is 16.6 Å². The van der Waals surface area contributed by atoms with E-state index in [0.29, 0.717) is 12.4 Å². The summed E-state index contributed by atoms with van der Waals surface area (Å²) in [7, 11) is -0.834. The van der Waals surface area contributed by atoms with Crippen LogP contribution in [0.4, 0.5) is 0 Å². The molecule has 0 aromatic carbocycles. The Kier molecular flexibility index (Phi) is 4.06. The Bertz CT molecular complexity index is 419. The van der Waals surface area contributed by atoms with Crippen molar-refractivity contribution in [1.82, 2.24) is 0 Å². The highest BCUT2D eigenvalue weighted by molar-refractivity contribution is 7.85. The molecule has 1 aromatic heterocycles. The molecule has 1 fully saturated rings. The molecule has 1 aliphatic heterocycles.